The molecule has 1 aromatic heterocycles. The Morgan fingerprint density at radius 3 is 1.55 bits per heavy atom. The van der Waals surface area contributed by atoms with E-state index in [0.717, 1.165) is 11.5 Å². The highest BCUT2D eigenvalue weighted by molar-refractivity contribution is 5.08. The molecule has 118 valence electrons. The van der Waals surface area contributed by atoms with Crippen molar-refractivity contribution < 1.29 is 0 Å². The summed E-state index contributed by atoms with van der Waals surface area (Å²) in [5.74, 6) is 1.07. The third kappa shape index (κ3) is 7.19. The SMILES string of the molecule is CC.CC.CC1=C(C)N(C)NN1.Cc1cn(C)c(C)n1. The summed E-state index contributed by atoms with van der Waals surface area (Å²) >= 11 is 0. The van der Waals surface area contributed by atoms with Gasteiger partial charge < -0.3 is 9.99 Å². The van der Waals surface area contributed by atoms with Gasteiger partial charge in [0, 0.05) is 31.7 Å². The fourth-order valence-electron chi connectivity index (χ4n) is 1.33. The minimum atomic E-state index is 1.07. The standard InChI is InChI=1S/C6H10N2.C5H11N3.2C2H6/c1-5-4-8(3)6(2)7-5;1-4-5(2)8(3)7-6-4;2*1-2/h4H,1-3H3;6-7H,1-3H3;2*1-2H3. The van der Waals surface area contributed by atoms with Crippen LogP contribution in [-0.2, 0) is 7.05 Å². The number of nitrogens with one attached hydrogen (secondary N) is 2. The molecule has 0 aromatic carbocycles. The molecule has 0 atom stereocenters. The lowest BCUT2D eigenvalue weighted by atomic mass is 10.4. The van der Waals surface area contributed by atoms with E-state index in [0.29, 0.717) is 0 Å². The molecule has 0 bridgehead atoms. The van der Waals surface area contributed by atoms with Gasteiger partial charge in [-0.3, -0.25) is 5.01 Å². The summed E-state index contributed by atoms with van der Waals surface area (Å²) in [6.07, 6.45) is 2.01. The number of aryl methyl sites for hydroxylation is 3. The lowest BCUT2D eigenvalue weighted by molar-refractivity contribution is 0.306. The first-order valence-corrected chi connectivity index (χ1v) is 7.31. The van der Waals surface area contributed by atoms with E-state index in [1.807, 2.05) is 78.3 Å². The van der Waals surface area contributed by atoms with Crippen LogP contribution in [0.3, 0.4) is 0 Å². The van der Waals surface area contributed by atoms with Gasteiger partial charge in [0.05, 0.1) is 5.69 Å². The zero-order valence-electron chi connectivity index (χ0n) is 14.9. The second kappa shape index (κ2) is 11.3. The van der Waals surface area contributed by atoms with Gasteiger partial charge in [-0.1, -0.05) is 27.7 Å². The Bertz CT molecular complexity index is 373. The molecule has 1 aliphatic heterocycles. The molecule has 2 rings (SSSR count). The molecular formula is C15H33N5. The largest absolute Gasteiger partial charge is 0.338 e. The number of hydrazine groups is 2. The molecule has 1 aliphatic rings. The van der Waals surface area contributed by atoms with E-state index in [9.17, 15) is 0 Å². The Morgan fingerprint density at radius 1 is 0.950 bits per heavy atom. The van der Waals surface area contributed by atoms with Crippen molar-refractivity contribution in [1.82, 2.24) is 25.5 Å². The van der Waals surface area contributed by atoms with Crippen molar-refractivity contribution in [3.8, 4) is 0 Å². The summed E-state index contributed by atoms with van der Waals surface area (Å²) < 4.78 is 2.01. The van der Waals surface area contributed by atoms with Crippen LogP contribution in [0.5, 0.6) is 0 Å². The number of rotatable bonds is 0. The van der Waals surface area contributed by atoms with Crippen LogP contribution in [0.25, 0.3) is 0 Å². The predicted molar refractivity (Wildman–Crippen MR) is 87.8 cm³/mol. The van der Waals surface area contributed by atoms with Gasteiger partial charge in [-0.25, -0.2) is 4.98 Å². The molecule has 1 aromatic rings. The summed E-state index contributed by atoms with van der Waals surface area (Å²) in [7, 11) is 3.97. The Balaban J connectivity index is 0. The van der Waals surface area contributed by atoms with Gasteiger partial charge in [0.25, 0.3) is 0 Å². The van der Waals surface area contributed by atoms with Crippen molar-refractivity contribution >= 4 is 0 Å². The van der Waals surface area contributed by atoms with Crippen LogP contribution in [0.15, 0.2) is 17.6 Å². The number of allylic oxidation sites excluding steroid dienone is 2. The molecule has 2 N–H and O–H groups in total. The van der Waals surface area contributed by atoms with Gasteiger partial charge in [0.2, 0.25) is 0 Å². The van der Waals surface area contributed by atoms with E-state index in [4.69, 9.17) is 0 Å². The fourth-order valence-corrected chi connectivity index (χ4v) is 1.33. The van der Waals surface area contributed by atoms with E-state index in [2.05, 4.69) is 22.9 Å². The molecular weight excluding hydrogens is 250 g/mol. The van der Waals surface area contributed by atoms with Crippen molar-refractivity contribution in [2.75, 3.05) is 7.05 Å². The van der Waals surface area contributed by atoms with Crippen molar-refractivity contribution in [2.24, 2.45) is 7.05 Å². The molecule has 0 saturated carbocycles. The summed E-state index contributed by atoms with van der Waals surface area (Å²) in [5.41, 5.74) is 9.42. The highest BCUT2D eigenvalue weighted by atomic mass is 15.7. The predicted octanol–water partition coefficient (Wildman–Crippen LogP) is 3.28. The van der Waals surface area contributed by atoms with Gasteiger partial charge in [0.1, 0.15) is 5.82 Å². The third-order valence-electron chi connectivity index (χ3n) is 2.69. The van der Waals surface area contributed by atoms with Gasteiger partial charge >= 0.3 is 0 Å². The normalized spacial score (nSPS) is 12.4. The number of aromatic nitrogens is 2. The topological polar surface area (TPSA) is 45.1 Å². The Hall–Kier alpha value is -1.49. The van der Waals surface area contributed by atoms with Crippen LogP contribution in [-0.4, -0.2) is 21.6 Å². The van der Waals surface area contributed by atoms with Gasteiger partial charge in [-0.15, -0.1) is 5.53 Å². The first kappa shape index (κ1) is 20.8. The van der Waals surface area contributed by atoms with E-state index in [-0.39, 0.29) is 0 Å². The average Bonchev–Trinajstić information content (AvgIpc) is 2.91. The molecule has 2 heterocycles. The number of nitrogens with zero attached hydrogens (tertiary/aromatic N) is 3. The molecule has 0 saturated heterocycles. The second-order valence-electron chi connectivity index (χ2n) is 4.05. The van der Waals surface area contributed by atoms with E-state index >= 15 is 0 Å². The van der Waals surface area contributed by atoms with Crippen LogP contribution in [0.4, 0.5) is 0 Å². The van der Waals surface area contributed by atoms with Crippen LogP contribution in [0.2, 0.25) is 0 Å². The summed E-state index contributed by atoms with van der Waals surface area (Å²) in [6, 6.07) is 0. The summed E-state index contributed by atoms with van der Waals surface area (Å²) in [5, 5.41) is 1.94. The maximum Gasteiger partial charge on any atom is 0.105 e. The highest BCUT2D eigenvalue weighted by Crippen LogP contribution is 2.05. The molecule has 0 amide bonds. The van der Waals surface area contributed by atoms with Crippen molar-refractivity contribution in [1.29, 1.82) is 0 Å². The van der Waals surface area contributed by atoms with Crippen molar-refractivity contribution in [3.63, 3.8) is 0 Å². The maximum atomic E-state index is 4.17. The average molecular weight is 283 g/mol. The second-order valence-corrected chi connectivity index (χ2v) is 4.05. The minimum absolute atomic E-state index is 1.07. The molecule has 0 radical (unpaired) electrons. The lowest BCUT2D eigenvalue weighted by Gasteiger charge is -2.09. The molecule has 0 aliphatic carbocycles. The van der Waals surface area contributed by atoms with Crippen LogP contribution in [0, 0.1) is 13.8 Å². The minimum Gasteiger partial charge on any atom is -0.338 e. The smallest absolute Gasteiger partial charge is 0.105 e. The quantitative estimate of drug-likeness (QED) is 0.767. The summed E-state index contributed by atoms with van der Waals surface area (Å²) in [4.78, 5) is 4.17. The monoisotopic (exact) mass is 283 g/mol. The lowest BCUT2D eigenvalue weighted by Crippen LogP contribution is -2.34. The molecule has 0 fully saturated rings. The zero-order valence-corrected chi connectivity index (χ0v) is 14.9. The van der Waals surface area contributed by atoms with Crippen LogP contribution >= 0.6 is 0 Å². The van der Waals surface area contributed by atoms with Gasteiger partial charge in [-0.05, 0) is 27.7 Å². The Labute approximate surface area is 125 Å². The van der Waals surface area contributed by atoms with Gasteiger partial charge in [-0.2, -0.15) is 0 Å². The van der Waals surface area contributed by atoms with Crippen LogP contribution < -0.4 is 11.0 Å². The first-order valence-electron chi connectivity index (χ1n) is 7.31. The summed E-state index contributed by atoms with van der Waals surface area (Å²) in [6.45, 7) is 16.1. The Morgan fingerprint density at radius 2 is 1.45 bits per heavy atom. The third-order valence-corrected chi connectivity index (χ3v) is 2.69. The number of imidazole rings is 1. The van der Waals surface area contributed by atoms with Crippen LogP contribution in [0.1, 0.15) is 53.1 Å². The first-order chi connectivity index (χ1) is 9.41. The van der Waals surface area contributed by atoms with Crippen molar-refractivity contribution in [2.45, 2.75) is 55.4 Å². The van der Waals surface area contributed by atoms with E-state index in [1.165, 1.54) is 11.4 Å². The molecule has 20 heavy (non-hydrogen) atoms. The molecule has 5 heteroatoms. The molecule has 5 nitrogen and oxygen atoms in total. The van der Waals surface area contributed by atoms with Crippen molar-refractivity contribution in [3.05, 3.63) is 29.1 Å². The molecule has 0 unspecified atom stereocenters. The maximum absolute atomic E-state index is 4.17. The van der Waals surface area contributed by atoms with E-state index < -0.39 is 0 Å². The number of hydrogen-bond donors (Lipinski definition) is 2. The number of hydrogen-bond acceptors (Lipinski definition) is 4. The zero-order chi connectivity index (χ0) is 16.3. The highest BCUT2D eigenvalue weighted by Gasteiger charge is 2.08. The fraction of sp³-hybridized carbons (Fsp3) is 0.667. The van der Waals surface area contributed by atoms with E-state index in [1.54, 1.807) is 0 Å². The Kier molecular flexibility index (Phi) is 11.8. The van der Waals surface area contributed by atoms with Gasteiger partial charge in [0.15, 0.2) is 0 Å². The molecule has 0 spiro atoms.